The molecule has 3 heterocycles. The number of alkyl halides is 3. The van der Waals surface area contributed by atoms with Crippen molar-refractivity contribution in [1.82, 2.24) is 15.2 Å². The Bertz CT molecular complexity index is 1460. The van der Waals surface area contributed by atoms with Crippen molar-refractivity contribution >= 4 is 23.1 Å². The normalized spacial score (nSPS) is 13.7. The van der Waals surface area contributed by atoms with Gasteiger partial charge in [0, 0.05) is 54.6 Å². The lowest BCUT2D eigenvalue weighted by Crippen LogP contribution is -2.36. The molecule has 13 heteroatoms. The molecule has 0 aliphatic carbocycles. The summed E-state index contributed by atoms with van der Waals surface area (Å²) >= 11 is 0. The third kappa shape index (κ3) is 6.44. The SMILES string of the molecule is O=C(Nc1cc(N2CCOCC2)cc(C(F)(F)F)c1)Nc1cc(Oc2ccnc(-c3cn[nH]c3)c2)ccc1F. The smallest absolute Gasteiger partial charge is 0.416 e. The minimum atomic E-state index is -4.63. The molecule has 0 unspecified atom stereocenters. The van der Waals surface area contributed by atoms with E-state index in [2.05, 4.69) is 25.8 Å². The van der Waals surface area contributed by atoms with Gasteiger partial charge in [-0.05, 0) is 36.4 Å². The summed E-state index contributed by atoms with van der Waals surface area (Å²) in [6.07, 6.45) is 0.170. The predicted molar refractivity (Wildman–Crippen MR) is 135 cm³/mol. The van der Waals surface area contributed by atoms with Crippen LogP contribution in [0.1, 0.15) is 5.56 Å². The lowest BCUT2D eigenvalue weighted by Gasteiger charge is -2.29. The van der Waals surface area contributed by atoms with Crippen LogP contribution in [0.3, 0.4) is 0 Å². The van der Waals surface area contributed by atoms with Gasteiger partial charge in [-0.3, -0.25) is 10.1 Å². The molecule has 0 radical (unpaired) electrons. The number of anilines is 3. The quantitative estimate of drug-likeness (QED) is 0.262. The van der Waals surface area contributed by atoms with Gasteiger partial charge in [-0.15, -0.1) is 0 Å². The van der Waals surface area contributed by atoms with Gasteiger partial charge in [0.05, 0.1) is 36.4 Å². The van der Waals surface area contributed by atoms with Gasteiger partial charge in [-0.25, -0.2) is 9.18 Å². The van der Waals surface area contributed by atoms with Crippen molar-refractivity contribution < 1.29 is 31.8 Å². The topological polar surface area (TPSA) is 104 Å². The minimum Gasteiger partial charge on any atom is -0.457 e. The second kappa shape index (κ2) is 11.0. The molecule has 1 aliphatic heterocycles. The zero-order chi connectivity index (χ0) is 27.4. The first-order valence-corrected chi connectivity index (χ1v) is 11.8. The van der Waals surface area contributed by atoms with Crippen molar-refractivity contribution in [1.29, 1.82) is 0 Å². The van der Waals surface area contributed by atoms with E-state index in [1.165, 1.54) is 24.4 Å². The summed E-state index contributed by atoms with van der Waals surface area (Å²) in [6.45, 7) is 1.57. The Morgan fingerprint density at radius 2 is 1.82 bits per heavy atom. The zero-order valence-corrected chi connectivity index (χ0v) is 20.3. The molecule has 5 rings (SSSR count). The van der Waals surface area contributed by atoms with Crippen LogP contribution in [-0.4, -0.2) is 47.5 Å². The molecule has 9 nitrogen and oxygen atoms in total. The van der Waals surface area contributed by atoms with Crippen molar-refractivity contribution in [2.24, 2.45) is 0 Å². The number of aromatic nitrogens is 3. The summed E-state index contributed by atoms with van der Waals surface area (Å²) in [5.41, 5.74) is 0.380. The van der Waals surface area contributed by atoms with E-state index in [0.29, 0.717) is 37.7 Å². The Labute approximate surface area is 219 Å². The first kappa shape index (κ1) is 26.0. The highest BCUT2D eigenvalue weighted by atomic mass is 19.4. The molecule has 0 saturated carbocycles. The van der Waals surface area contributed by atoms with E-state index in [-0.39, 0.29) is 22.8 Å². The Balaban J connectivity index is 1.31. The highest BCUT2D eigenvalue weighted by Crippen LogP contribution is 2.35. The highest BCUT2D eigenvalue weighted by Gasteiger charge is 2.32. The van der Waals surface area contributed by atoms with Crippen molar-refractivity contribution in [3.05, 3.63) is 78.5 Å². The van der Waals surface area contributed by atoms with Crippen LogP contribution in [0.25, 0.3) is 11.3 Å². The molecule has 0 atom stereocenters. The first-order chi connectivity index (χ1) is 18.7. The fraction of sp³-hybridized carbons (Fsp3) is 0.192. The number of pyridine rings is 1. The van der Waals surface area contributed by atoms with Gasteiger partial charge in [0.15, 0.2) is 0 Å². The van der Waals surface area contributed by atoms with E-state index in [1.54, 1.807) is 29.4 Å². The van der Waals surface area contributed by atoms with Crippen molar-refractivity contribution in [2.75, 3.05) is 41.8 Å². The number of benzene rings is 2. The molecule has 1 fully saturated rings. The van der Waals surface area contributed by atoms with Gasteiger partial charge in [-0.2, -0.15) is 18.3 Å². The largest absolute Gasteiger partial charge is 0.457 e. The standard InChI is InChI=1S/C26H22F4N6O3/c27-22-2-1-20(39-21-3-4-31-23(12-21)16-14-32-33-15-16)13-24(22)35-25(37)34-18-9-17(26(28,29)30)10-19(11-18)36-5-7-38-8-6-36/h1-4,9-15H,5-8H2,(H,32,33)(H2,34,35,37). The van der Waals surface area contributed by atoms with E-state index >= 15 is 0 Å². The number of aromatic amines is 1. The number of carbonyl (C=O) groups excluding carboxylic acids is 1. The average Bonchev–Trinajstić information content (AvgIpc) is 3.46. The number of rotatable bonds is 6. The highest BCUT2D eigenvalue weighted by molar-refractivity contribution is 6.00. The molecule has 4 aromatic rings. The zero-order valence-electron chi connectivity index (χ0n) is 20.3. The van der Waals surface area contributed by atoms with Gasteiger partial charge >= 0.3 is 12.2 Å². The maximum absolute atomic E-state index is 14.5. The van der Waals surface area contributed by atoms with Gasteiger partial charge in [0.1, 0.15) is 17.3 Å². The third-order valence-corrected chi connectivity index (χ3v) is 5.83. The lowest BCUT2D eigenvalue weighted by molar-refractivity contribution is -0.137. The number of urea groups is 1. The molecular weight excluding hydrogens is 520 g/mol. The second-order valence-corrected chi connectivity index (χ2v) is 8.55. The van der Waals surface area contributed by atoms with Gasteiger partial charge in [0.2, 0.25) is 0 Å². The fourth-order valence-corrected chi connectivity index (χ4v) is 3.96. The molecule has 2 aromatic carbocycles. The number of amides is 2. The summed E-state index contributed by atoms with van der Waals surface area (Å²) in [7, 11) is 0. The van der Waals surface area contributed by atoms with Crippen molar-refractivity contribution in [2.45, 2.75) is 6.18 Å². The Hall–Kier alpha value is -4.65. The number of nitrogens with zero attached hydrogens (tertiary/aromatic N) is 3. The van der Waals surface area contributed by atoms with Crippen LogP contribution >= 0.6 is 0 Å². The average molecular weight is 542 g/mol. The number of carbonyl (C=O) groups is 1. The summed E-state index contributed by atoms with van der Waals surface area (Å²) < 4.78 is 66.2. The number of ether oxygens (including phenoxy) is 2. The summed E-state index contributed by atoms with van der Waals surface area (Å²) in [5.74, 6) is -0.142. The van der Waals surface area contributed by atoms with E-state index in [4.69, 9.17) is 9.47 Å². The van der Waals surface area contributed by atoms with E-state index < -0.39 is 23.6 Å². The van der Waals surface area contributed by atoms with Gasteiger partial charge in [0.25, 0.3) is 0 Å². The van der Waals surface area contributed by atoms with E-state index in [0.717, 1.165) is 23.8 Å². The number of hydrogen-bond acceptors (Lipinski definition) is 6. The third-order valence-electron chi connectivity index (χ3n) is 5.83. The molecule has 202 valence electrons. The monoisotopic (exact) mass is 542 g/mol. The van der Waals surface area contributed by atoms with Gasteiger partial charge in [-0.1, -0.05) is 0 Å². The maximum atomic E-state index is 14.5. The van der Waals surface area contributed by atoms with Crippen LogP contribution in [0.15, 0.2) is 67.1 Å². The molecule has 2 aromatic heterocycles. The molecule has 3 N–H and O–H groups in total. The van der Waals surface area contributed by atoms with Crippen LogP contribution in [0, 0.1) is 5.82 Å². The Kier molecular flexibility index (Phi) is 7.32. The fourth-order valence-electron chi connectivity index (χ4n) is 3.96. The molecule has 1 aliphatic rings. The summed E-state index contributed by atoms with van der Waals surface area (Å²) in [6, 6.07) is 9.34. The summed E-state index contributed by atoms with van der Waals surface area (Å²) in [4.78, 5) is 18.6. The number of nitrogens with one attached hydrogen (secondary N) is 3. The van der Waals surface area contributed by atoms with Crippen LogP contribution in [-0.2, 0) is 10.9 Å². The van der Waals surface area contributed by atoms with Gasteiger partial charge < -0.3 is 25.0 Å². The van der Waals surface area contributed by atoms with E-state index in [9.17, 15) is 22.4 Å². The molecule has 0 spiro atoms. The molecule has 1 saturated heterocycles. The summed E-state index contributed by atoms with van der Waals surface area (Å²) in [5, 5.41) is 11.3. The first-order valence-electron chi connectivity index (χ1n) is 11.8. The number of morpholine rings is 1. The lowest BCUT2D eigenvalue weighted by atomic mass is 10.1. The number of H-pyrrole nitrogens is 1. The number of halogens is 4. The van der Waals surface area contributed by atoms with Crippen molar-refractivity contribution in [3.8, 4) is 22.8 Å². The van der Waals surface area contributed by atoms with Crippen LogP contribution < -0.4 is 20.3 Å². The van der Waals surface area contributed by atoms with Crippen LogP contribution in [0.5, 0.6) is 11.5 Å². The molecule has 2 amide bonds. The number of hydrogen-bond donors (Lipinski definition) is 3. The van der Waals surface area contributed by atoms with Crippen LogP contribution in [0.4, 0.5) is 39.4 Å². The maximum Gasteiger partial charge on any atom is 0.416 e. The molecule has 0 bridgehead atoms. The Morgan fingerprint density at radius 1 is 1.03 bits per heavy atom. The minimum absolute atomic E-state index is 0.0970. The van der Waals surface area contributed by atoms with Crippen molar-refractivity contribution in [3.63, 3.8) is 0 Å². The van der Waals surface area contributed by atoms with E-state index in [1.807, 2.05) is 0 Å². The molecule has 39 heavy (non-hydrogen) atoms. The second-order valence-electron chi connectivity index (χ2n) is 8.55. The predicted octanol–water partition coefficient (Wildman–Crippen LogP) is 5.90. The molecular formula is C26H22F4N6O3. The Morgan fingerprint density at radius 3 is 2.56 bits per heavy atom. The van der Waals surface area contributed by atoms with Crippen LogP contribution in [0.2, 0.25) is 0 Å².